The van der Waals surface area contributed by atoms with Gasteiger partial charge >= 0.3 is 5.97 Å². The zero-order chi connectivity index (χ0) is 39.8. The number of unbranched alkanes of at least 4 members (excludes halogenated alkanes) is 3. The number of carboxylic acid groups (broad SMARTS) is 1. The van der Waals surface area contributed by atoms with Gasteiger partial charge in [-0.15, -0.1) is 0 Å². The van der Waals surface area contributed by atoms with Crippen LogP contribution in [0.25, 0.3) is 0 Å². The van der Waals surface area contributed by atoms with Crippen LogP contribution in [-0.4, -0.2) is 116 Å². The molecule has 19 heteroatoms. The van der Waals surface area contributed by atoms with Crippen molar-refractivity contribution in [3.05, 3.63) is 0 Å². The van der Waals surface area contributed by atoms with Gasteiger partial charge in [0, 0.05) is 6.54 Å². The number of carboxylic acids is 1. The fourth-order valence-electron chi connectivity index (χ4n) is 5.82. The monoisotopic (exact) mass is 755 g/mol. The van der Waals surface area contributed by atoms with Crippen LogP contribution >= 0.6 is 0 Å². The number of hydrogen-bond donors (Lipinski definition) is 12. The highest BCUT2D eigenvalue weighted by Gasteiger charge is 2.33. The minimum atomic E-state index is -1.22. The van der Waals surface area contributed by atoms with E-state index in [0.717, 1.165) is 6.42 Å². The Morgan fingerprint density at radius 2 is 1.08 bits per heavy atom. The number of nitrogens with one attached hydrogen (secondary N) is 6. The summed E-state index contributed by atoms with van der Waals surface area (Å²) in [6, 6.07) is -5.94. The van der Waals surface area contributed by atoms with Crippen molar-refractivity contribution in [1.82, 2.24) is 31.9 Å². The summed E-state index contributed by atoms with van der Waals surface area (Å²) in [5, 5.41) is 26.3. The van der Waals surface area contributed by atoms with E-state index in [2.05, 4.69) is 36.9 Å². The number of aliphatic imine (C=N–C) groups is 1. The van der Waals surface area contributed by atoms with Crippen LogP contribution in [0.4, 0.5) is 0 Å². The molecule has 1 saturated heterocycles. The molecule has 0 radical (unpaired) electrons. The molecular formula is C34H66N12O7. The molecule has 19 nitrogen and oxygen atoms in total. The molecule has 0 bridgehead atoms. The maximum Gasteiger partial charge on any atom is 0.326 e. The van der Waals surface area contributed by atoms with E-state index in [1.54, 1.807) is 13.8 Å². The van der Waals surface area contributed by atoms with E-state index in [4.69, 9.17) is 28.7 Å². The highest BCUT2D eigenvalue weighted by atomic mass is 16.4. The molecule has 0 aromatic heterocycles. The van der Waals surface area contributed by atoms with Gasteiger partial charge in [0.05, 0.1) is 6.04 Å². The molecule has 1 aliphatic rings. The number of amides is 5. The van der Waals surface area contributed by atoms with Crippen molar-refractivity contribution in [1.29, 1.82) is 0 Å². The van der Waals surface area contributed by atoms with E-state index >= 15 is 0 Å². The second kappa shape index (κ2) is 26.7. The molecule has 0 saturated carbocycles. The zero-order valence-electron chi connectivity index (χ0n) is 31.5. The molecule has 0 spiro atoms. The first kappa shape index (κ1) is 47.0. The molecule has 6 atom stereocenters. The summed E-state index contributed by atoms with van der Waals surface area (Å²) in [6.07, 6.45) is 5.76. The lowest BCUT2D eigenvalue weighted by atomic mass is 10.0. The van der Waals surface area contributed by atoms with Crippen molar-refractivity contribution in [2.75, 3.05) is 32.7 Å². The number of aliphatic carboxylic acids is 1. The lowest BCUT2D eigenvalue weighted by molar-refractivity contribution is -0.143. The van der Waals surface area contributed by atoms with Gasteiger partial charge in [-0.1, -0.05) is 13.8 Å². The lowest BCUT2D eigenvalue weighted by Gasteiger charge is -2.27. The highest BCUT2D eigenvalue weighted by molar-refractivity contribution is 5.96. The van der Waals surface area contributed by atoms with Gasteiger partial charge < -0.3 is 65.7 Å². The molecule has 53 heavy (non-hydrogen) atoms. The number of carbonyl (C=O) groups is 6. The van der Waals surface area contributed by atoms with Crippen LogP contribution in [0.1, 0.15) is 97.3 Å². The van der Waals surface area contributed by atoms with Crippen LogP contribution in [0, 0.1) is 5.92 Å². The van der Waals surface area contributed by atoms with Crippen molar-refractivity contribution in [2.45, 2.75) is 134 Å². The minimum absolute atomic E-state index is 0.0604. The second-order valence-electron chi connectivity index (χ2n) is 13.8. The lowest BCUT2D eigenvalue weighted by Crippen LogP contribution is -2.59. The van der Waals surface area contributed by atoms with Crippen LogP contribution in [0.2, 0.25) is 0 Å². The summed E-state index contributed by atoms with van der Waals surface area (Å²) >= 11 is 0. The Morgan fingerprint density at radius 1 is 0.660 bits per heavy atom. The van der Waals surface area contributed by atoms with Gasteiger partial charge in [0.15, 0.2) is 5.96 Å². The predicted octanol–water partition coefficient (Wildman–Crippen LogP) is -2.66. The standard InChI is InChI=1S/C34H66N12O7/c1-21(2)27(33(52)53)46-32(51)25(13-5-8-18-37)44-31(50)26(15-10-20-41-34(38)39)45-30(49)24(12-4-7-17-36)43-29(48)23(11-3-6-16-35)42-28(47)22-14-9-19-40-22/h21-27,40H,3-20,35-37H2,1-2H3,(H,42,47)(H,43,48)(H,44,50)(H,45,49)(H,46,51)(H,52,53)(H4,38,39,41). The fourth-order valence-corrected chi connectivity index (χ4v) is 5.82. The number of carbonyl (C=O) groups excluding carboxylic acids is 5. The third-order valence-electron chi connectivity index (χ3n) is 8.93. The minimum Gasteiger partial charge on any atom is -0.480 e. The van der Waals surface area contributed by atoms with Crippen LogP contribution < -0.4 is 60.6 Å². The molecule has 1 rings (SSSR count). The Bertz CT molecular complexity index is 1180. The van der Waals surface area contributed by atoms with Gasteiger partial charge in [0.2, 0.25) is 29.5 Å². The van der Waals surface area contributed by atoms with Crippen molar-refractivity contribution in [2.24, 2.45) is 39.6 Å². The Kier molecular flexibility index (Phi) is 23.6. The Hall–Kier alpha value is -4.07. The highest BCUT2D eigenvalue weighted by Crippen LogP contribution is 2.11. The van der Waals surface area contributed by atoms with Gasteiger partial charge in [0.25, 0.3) is 0 Å². The first-order chi connectivity index (χ1) is 25.2. The van der Waals surface area contributed by atoms with E-state index in [1.807, 2.05) is 0 Å². The van der Waals surface area contributed by atoms with Gasteiger partial charge in [-0.2, -0.15) is 0 Å². The van der Waals surface area contributed by atoms with Gasteiger partial charge in [0.1, 0.15) is 30.2 Å². The SMILES string of the molecule is CC(C)C(NC(=O)C(CCCCN)NC(=O)C(CCCN=C(N)N)NC(=O)C(CCCCN)NC(=O)C(CCCCN)NC(=O)C1CCCN1)C(=O)O. The summed E-state index contributed by atoms with van der Waals surface area (Å²) in [5.41, 5.74) is 27.9. The zero-order valence-corrected chi connectivity index (χ0v) is 31.5. The average molecular weight is 755 g/mol. The van der Waals surface area contributed by atoms with Crippen LogP contribution in [-0.2, 0) is 28.8 Å². The molecule has 6 unspecified atom stereocenters. The van der Waals surface area contributed by atoms with E-state index < -0.39 is 71.8 Å². The Balaban J connectivity index is 3.30. The van der Waals surface area contributed by atoms with Crippen LogP contribution in [0.15, 0.2) is 4.99 Å². The third kappa shape index (κ3) is 19.0. The van der Waals surface area contributed by atoms with E-state index in [9.17, 15) is 33.9 Å². The average Bonchev–Trinajstić information content (AvgIpc) is 3.65. The van der Waals surface area contributed by atoms with Crippen molar-refractivity contribution in [3.8, 4) is 0 Å². The maximum absolute atomic E-state index is 13.9. The summed E-state index contributed by atoms with van der Waals surface area (Å²) in [7, 11) is 0. The van der Waals surface area contributed by atoms with E-state index in [1.165, 1.54) is 0 Å². The summed E-state index contributed by atoms with van der Waals surface area (Å²) < 4.78 is 0. The molecule has 17 N–H and O–H groups in total. The second-order valence-corrected chi connectivity index (χ2v) is 13.8. The molecule has 304 valence electrons. The number of nitrogens with zero attached hydrogens (tertiary/aromatic N) is 1. The number of hydrogen-bond acceptors (Lipinski definition) is 11. The molecule has 5 amide bonds. The molecule has 0 aromatic carbocycles. The molecule has 1 aliphatic heterocycles. The normalized spacial score (nSPS) is 16.8. The smallest absolute Gasteiger partial charge is 0.326 e. The molecule has 1 fully saturated rings. The number of rotatable bonds is 28. The third-order valence-corrected chi connectivity index (χ3v) is 8.93. The Morgan fingerprint density at radius 3 is 1.43 bits per heavy atom. The fraction of sp³-hybridized carbons (Fsp3) is 0.794. The molecule has 1 heterocycles. The predicted molar refractivity (Wildman–Crippen MR) is 202 cm³/mol. The van der Waals surface area contributed by atoms with Crippen molar-refractivity contribution >= 4 is 41.5 Å². The molecular weight excluding hydrogens is 688 g/mol. The van der Waals surface area contributed by atoms with E-state index in [-0.39, 0.29) is 44.1 Å². The quantitative estimate of drug-likeness (QED) is 0.0221. The summed E-state index contributed by atoms with van der Waals surface area (Å²) in [6.45, 7) is 5.26. The van der Waals surface area contributed by atoms with Gasteiger partial charge in [-0.25, -0.2) is 4.79 Å². The van der Waals surface area contributed by atoms with Gasteiger partial charge in [-0.3, -0.25) is 29.0 Å². The largest absolute Gasteiger partial charge is 0.480 e. The summed E-state index contributed by atoms with van der Waals surface area (Å²) in [5.74, 6) is -4.70. The first-order valence-corrected chi connectivity index (χ1v) is 18.9. The van der Waals surface area contributed by atoms with Crippen LogP contribution in [0.5, 0.6) is 0 Å². The van der Waals surface area contributed by atoms with E-state index in [0.29, 0.717) is 77.5 Å². The summed E-state index contributed by atoms with van der Waals surface area (Å²) in [4.78, 5) is 83.4. The number of guanidine groups is 1. The van der Waals surface area contributed by atoms with Gasteiger partial charge in [-0.05, 0) is 116 Å². The Labute approximate surface area is 312 Å². The number of nitrogens with two attached hydrogens (primary N) is 5. The first-order valence-electron chi connectivity index (χ1n) is 18.9. The maximum atomic E-state index is 13.9. The molecule has 0 aromatic rings. The molecule has 0 aliphatic carbocycles. The van der Waals surface area contributed by atoms with Crippen molar-refractivity contribution in [3.63, 3.8) is 0 Å². The van der Waals surface area contributed by atoms with Crippen molar-refractivity contribution < 1.29 is 33.9 Å². The van der Waals surface area contributed by atoms with Crippen LogP contribution in [0.3, 0.4) is 0 Å². The topological polar surface area (TPSA) is 337 Å².